The van der Waals surface area contributed by atoms with Gasteiger partial charge in [-0.25, -0.2) is 17.7 Å². The Morgan fingerprint density at radius 1 is 1.00 bits per heavy atom. The van der Waals surface area contributed by atoms with E-state index in [1.165, 1.54) is 60.8 Å². The Morgan fingerprint density at radius 2 is 1.65 bits per heavy atom. The van der Waals surface area contributed by atoms with Crippen molar-refractivity contribution >= 4 is 17.0 Å². The van der Waals surface area contributed by atoms with E-state index >= 15 is 0 Å². The fourth-order valence-corrected chi connectivity index (χ4v) is 2.33. The van der Waals surface area contributed by atoms with Crippen LogP contribution in [0.2, 0.25) is 0 Å². The molecule has 0 atom stereocenters. The Bertz CT molecular complexity index is 441. The van der Waals surface area contributed by atoms with Crippen LogP contribution in [0.4, 0.5) is 0 Å². The van der Waals surface area contributed by atoms with Crippen LogP contribution in [0.1, 0.15) is 61.8 Å². The van der Waals surface area contributed by atoms with E-state index in [0.29, 0.717) is 0 Å². The Morgan fingerprint density at radius 3 is 2.09 bits per heavy atom. The van der Waals surface area contributed by atoms with Gasteiger partial charge in [0, 0.05) is 0 Å². The van der Waals surface area contributed by atoms with Crippen LogP contribution in [0.3, 0.4) is 0 Å². The number of hydrogen-bond acceptors (Lipinski definition) is 0. The Hall–Kier alpha value is 0.163. The van der Waals surface area contributed by atoms with Crippen molar-refractivity contribution in [2.24, 2.45) is 0 Å². The van der Waals surface area contributed by atoms with Gasteiger partial charge in [0.15, 0.2) is 0 Å². The fraction of sp³-hybridized carbons (Fsp3) is 0.500. The first-order valence-corrected chi connectivity index (χ1v) is 14.8. The Labute approximate surface area is 162 Å². The van der Waals surface area contributed by atoms with Crippen molar-refractivity contribution in [1.82, 2.24) is 0 Å². The molecule has 0 fully saturated rings. The van der Waals surface area contributed by atoms with Crippen LogP contribution in [0, 0.1) is 13.8 Å². The van der Waals surface area contributed by atoms with Crippen LogP contribution >= 0.6 is 17.0 Å². The van der Waals surface area contributed by atoms with Crippen LogP contribution < -0.4 is 0 Å². The molecule has 0 heterocycles. The Balaban J connectivity index is 0.000000360. The van der Waals surface area contributed by atoms with Crippen molar-refractivity contribution in [3.05, 3.63) is 58.7 Å². The van der Waals surface area contributed by atoms with Gasteiger partial charge in [0.25, 0.3) is 0 Å². The van der Waals surface area contributed by atoms with Gasteiger partial charge in [-0.1, -0.05) is 66.2 Å². The zero-order valence-corrected chi connectivity index (χ0v) is 18.9. The van der Waals surface area contributed by atoms with Gasteiger partial charge in [-0.15, -0.1) is 0 Å². The van der Waals surface area contributed by atoms with E-state index < -0.39 is 20.8 Å². The normalized spacial score (nSPS) is 9.30. The summed E-state index contributed by atoms with van der Waals surface area (Å²) in [6.45, 7) is 8.76. The molecule has 0 spiro atoms. The molecule has 0 nitrogen and oxygen atoms in total. The standard InChI is InChI=1S/2C10H15.2ClH.Zr/c2*1-3-4-5-10-7-6-9(2)8-10;;;/h2*6-8H,3-5H2,1-2H3;2*1H;/q2*-1;;;+4/p-2. The van der Waals surface area contributed by atoms with Gasteiger partial charge in [-0.05, 0) is 0 Å². The molecule has 2 aromatic carbocycles. The summed E-state index contributed by atoms with van der Waals surface area (Å²) < 4.78 is 0. The molecule has 2 rings (SSSR count). The second-order valence-electron chi connectivity index (χ2n) is 5.87. The van der Waals surface area contributed by atoms with Crippen LogP contribution in [0.25, 0.3) is 0 Å². The summed E-state index contributed by atoms with van der Waals surface area (Å²) in [5, 5.41) is 0. The zero-order valence-electron chi connectivity index (χ0n) is 15.0. The van der Waals surface area contributed by atoms with Gasteiger partial charge in [-0.3, -0.25) is 0 Å². The summed E-state index contributed by atoms with van der Waals surface area (Å²) in [5.41, 5.74) is 5.79. The number of rotatable bonds is 6. The van der Waals surface area contributed by atoms with E-state index in [2.05, 4.69) is 64.1 Å². The third-order valence-electron chi connectivity index (χ3n) is 3.58. The van der Waals surface area contributed by atoms with Crippen LogP contribution in [-0.4, -0.2) is 0 Å². The number of aryl methyl sites for hydroxylation is 4. The van der Waals surface area contributed by atoms with Crippen LogP contribution in [0.15, 0.2) is 36.4 Å². The molecular weight excluding hydrogens is 402 g/mol. The second kappa shape index (κ2) is 15.7. The number of halogens is 2. The summed E-state index contributed by atoms with van der Waals surface area (Å²) >= 11 is -0.826. The molecule has 0 N–H and O–H groups in total. The summed E-state index contributed by atoms with van der Waals surface area (Å²) in [4.78, 5) is 0. The molecule has 0 aliphatic rings. The topological polar surface area (TPSA) is 0 Å². The van der Waals surface area contributed by atoms with Crippen molar-refractivity contribution in [3.63, 3.8) is 0 Å². The number of unbranched alkanes of at least 4 members (excludes halogenated alkanes) is 2. The molecule has 0 unspecified atom stereocenters. The molecule has 0 bridgehead atoms. The predicted octanol–water partition coefficient (Wildman–Crippen LogP) is 7.49. The first-order chi connectivity index (χ1) is 11.1. The monoisotopic (exact) mass is 430 g/mol. The van der Waals surface area contributed by atoms with Crippen molar-refractivity contribution in [2.45, 2.75) is 66.2 Å². The molecule has 0 aliphatic heterocycles. The maximum atomic E-state index is 4.93. The maximum absolute atomic E-state index is 4.93. The first kappa shape index (κ1) is 23.2. The van der Waals surface area contributed by atoms with E-state index in [1.54, 1.807) is 0 Å². The predicted molar refractivity (Wildman–Crippen MR) is 102 cm³/mol. The van der Waals surface area contributed by atoms with Crippen LogP contribution in [0.5, 0.6) is 0 Å². The molecule has 0 saturated carbocycles. The van der Waals surface area contributed by atoms with Gasteiger partial charge >= 0.3 is 37.9 Å². The molecule has 128 valence electrons. The summed E-state index contributed by atoms with van der Waals surface area (Å²) in [6.07, 6.45) is 7.75. The second-order valence-corrected chi connectivity index (χ2v) is 9.60. The van der Waals surface area contributed by atoms with Gasteiger partial charge in [-0.2, -0.15) is 41.0 Å². The van der Waals surface area contributed by atoms with E-state index in [4.69, 9.17) is 17.0 Å². The minimum absolute atomic E-state index is 0.826. The van der Waals surface area contributed by atoms with Gasteiger partial charge in [0.05, 0.1) is 0 Å². The van der Waals surface area contributed by atoms with E-state index in [-0.39, 0.29) is 0 Å². The molecule has 0 saturated heterocycles. The van der Waals surface area contributed by atoms with Gasteiger partial charge < -0.3 is 0 Å². The van der Waals surface area contributed by atoms with Gasteiger partial charge in [0.1, 0.15) is 0 Å². The molecule has 0 radical (unpaired) electrons. The van der Waals surface area contributed by atoms with E-state index in [1.807, 2.05) is 0 Å². The van der Waals surface area contributed by atoms with E-state index in [0.717, 1.165) is 0 Å². The van der Waals surface area contributed by atoms with E-state index in [9.17, 15) is 0 Å². The van der Waals surface area contributed by atoms with Crippen LogP contribution in [-0.2, 0) is 33.7 Å². The van der Waals surface area contributed by atoms with Gasteiger partial charge in [0.2, 0.25) is 0 Å². The average molecular weight is 433 g/mol. The Kier molecular flexibility index (Phi) is 15.8. The average Bonchev–Trinajstić information content (AvgIpc) is 3.13. The zero-order chi connectivity index (χ0) is 17.5. The molecule has 23 heavy (non-hydrogen) atoms. The molecule has 2 aromatic rings. The quantitative estimate of drug-likeness (QED) is 0.415. The molecular formula is C20H30Cl2Zr. The number of hydrogen-bond donors (Lipinski definition) is 0. The SMILES string of the molecule is CCCC[c-]1ccc(C)c1.CCCCc1cc[c-](C)c1.[Cl][Zr+2][Cl]. The summed E-state index contributed by atoms with van der Waals surface area (Å²) in [7, 11) is 9.87. The summed E-state index contributed by atoms with van der Waals surface area (Å²) in [6, 6.07) is 13.4. The van der Waals surface area contributed by atoms with Crippen molar-refractivity contribution in [3.8, 4) is 0 Å². The van der Waals surface area contributed by atoms with Crippen molar-refractivity contribution in [1.29, 1.82) is 0 Å². The molecule has 0 aromatic heterocycles. The molecule has 0 amide bonds. The molecule has 3 heteroatoms. The summed E-state index contributed by atoms with van der Waals surface area (Å²) in [5.74, 6) is 0. The third kappa shape index (κ3) is 13.2. The van der Waals surface area contributed by atoms with Crippen molar-refractivity contribution < 1.29 is 20.8 Å². The fourth-order valence-electron chi connectivity index (χ4n) is 2.33. The third-order valence-corrected chi connectivity index (χ3v) is 3.58. The van der Waals surface area contributed by atoms with Crippen molar-refractivity contribution in [2.75, 3.05) is 0 Å². The first-order valence-electron chi connectivity index (χ1n) is 8.48. The molecule has 0 aliphatic carbocycles. The minimum atomic E-state index is -0.826.